The molecule has 1 aromatic heterocycles. The first-order chi connectivity index (χ1) is 6.27. The van der Waals surface area contributed by atoms with Crippen LogP contribution in [0, 0.1) is 0 Å². The third kappa shape index (κ3) is 2.03. The summed E-state index contributed by atoms with van der Waals surface area (Å²) in [6.45, 7) is 0. The van der Waals surface area contributed by atoms with Crippen molar-refractivity contribution >= 4 is 43.2 Å². The summed E-state index contributed by atoms with van der Waals surface area (Å²) in [6, 6.07) is 8.33. The smallest absolute Gasteiger partial charge is 0.0360 e. The molecule has 0 spiro atoms. The summed E-state index contributed by atoms with van der Waals surface area (Å²) in [6.07, 6.45) is 0. The molecule has 2 aromatic rings. The Morgan fingerprint density at radius 1 is 0.923 bits per heavy atom. The van der Waals surface area contributed by atoms with Gasteiger partial charge in [0, 0.05) is 19.9 Å². The lowest BCUT2D eigenvalue weighted by Gasteiger charge is -1.98. The summed E-state index contributed by atoms with van der Waals surface area (Å²) >= 11 is 8.64. The topological polar surface area (TPSA) is 0 Å². The number of benzene rings is 1. The van der Waals surface area contributed by atoms with E-state index >= 15 is 0 Å². The fraction of sp³-hybridized carbons (Fsp3) is 0. The Labute approximate surface area is 97.9 Å². The Morgan fingerprint density at radius 3 is 2.15 bits per heavy atom. The van der Waals surface area contributed by atoms with Gasteiger partial charge in [-0.1, -0.05) is 28.1 Å². The third-order valence-corrected chi connectivity index (χ3v) is 4.00. The highest BCUT2D eigenvalue weighted by Crippen LogP contribution is 2.31. The van der Waals surface area contributed by atoms with E-state index in [1.165, 1.54) is 15.6 Å². The maximum Gasteiger partial charge on any atom is 0.0360 e. The Balaban J connectivity index is 2.47. The molecule has 1 aromatic carbocycles. The van der Waals surface area contributed by atoms with Gasteiger partial charge in [0.1, 0.15) is 0 Å². The molecule has 3 heteroatoms. The number of thiophene rings is 1. The van der Waals surface area contributed by atoms with Crippen molar-refractivity contribution in [1.29, 1.82) is 0 Å². The quantitative estimate of drug-likeness (QED) is 0.699. The summed E-state index contributed by atoms with van der Waals surface area (Å²) in [5.74, 6) is 0. The van der Waals surface area contributed by atoms with E-state index in [9.17, 15) is 0 Å². The van der Waals surface area contributed by atoms with E-state index in [1.54, 1.807) is 11.3 Å². The van der Waals surface area contributed by atoms with E-state index in [0.29, 0.717) is 0 Å². The van der Waals surface area contributed by atoms with E-state index < -0.39 is 0 Å². The van der Waals surface area contributed by atoms with Crippen molar-refractivity contribution in [3.05, 3.63) is 44.0 Å². The SMILES string of the molecule is Brc1ccc(-c2cscc2Br)cc1. The minimum Gasteiger partial charge on any atom is -0.151 e. The summed E-state index contributed by atoms with van der Waals surface area (Å²) < 4.78 is 2.28. The van der Waals surface area contributed by atoms with Crippen molar-refractivity contribution in [3.63, 3.8) is 0 Å². The lowest BCUT2D eigenvalue weighted by atomic mass is 10.1. The summed E-state index contributed by atoms with van der Waals surface area (Å²) in [4.78, 5) is 0. The molecule has 1 heterocycles. The maximum atomic E-state index is 3.52. The van der Waals surface area contributed by atoms with Crippen LogP contribution < -0.4 is 0 Å². The molecule has 66 valence electrons. The largest absolute Gasteiger partial charge is 0.151 e. The van der Waals surface area contributed by atoms with Gasteiger partial charge < -0.3 is 0 Å². The zero-order chi connectivity index (χ0) is 9.26. The van der Waals surface area contributed by atoms with Crippen LogP contribution in [0.5, 0.6) is 0 Å². The predicted octanol–water partition coefficient (Wildman–Crippen LogP) is 4.94. The van der Waals surface area contributed by atoms with Gasteiger partial charge in [0.2, 0.25) is 0 Å². The lowest BCUT2D eigenvalue weighted by Crippen LogP contribution is -1.73. The first kappa shape index (κ1) is 9.44. The van der Waals surface area contributed by atoms with Gasteiger partial charge in [-0.2, -0.15) is 11.3 Å². The summed E-state index contributed by atoms with van der Waals surface area (Å²) in [5, 5.41) is 4.24. The molecule has 0 aliphatic heterocycles. The Bertz CT molecular complexity index is 403. The maximum absolute atomic E-state index is 3.52. The third-order valence-electron chi connectivity index (χ3n) is 1.77. The second-order valence-electron chi connectivity index (χ2n) is 2.64. The minimum atomic E-state index is 1.11. The molecule has 0 N–H and O–H groups in total. The average Bonchev–Trinajstić information content (AvgIpc) is 2.53. The average molecular weight is 318 g/mol. The van der Waals surface area contributed by atoms with Crippen molar-refractivity contribution in [2.75, 3.05) is 0 Å². The molecule has 0 saturated heterocycles. The van der Waals surface area contributed by atoms with E-state index in [0.717, 1.165) is 4.47 Å². The van der Waals surface area contributed by atoms with E-state index in [-0.39, 0.29) is 0 Å². The van der Waals surface area contributed by atoms with Crippen molar-refractivity contribution in [2.45, 2.75) is 0 Å². The highest BCUT2D eigenvalue weighted by molar-refractivity contribution is 9.10. The van der Waals surface area contributed by atoms with Crippen molar-refractivity contribution in [1.82, 2.24) is 0 Å². The summed E-state index contributed by atoms with van der Waals surface area (Å²) in [5.41, 5.74) is 2.51. The second kappa shape index (κ2) is 3.95. The lowest BCUT2D eigenvalue weighted by molar-refractivity contribution is 1.62. The van der Waals surface area contributed by atoms with Crippen LogP contribution in [0.2, 0.25) is 0 Å². The zero-order valence-electron chi connectivity index (χ0n) is 6.63. The molecule has 0 radical (unpaired) electrons. The van der Waals surface area contributed by atoms with E-state index in [2.05, 4.69) is 66.9 Å². The molecule has 0 nitrogen and oxygen atoms in total. The van der Waals surface area contributed by atoms with Crippen LogP contribution in [0.4, 0.5) is 0 Å². The molecule has 0 fully saturated rings. The minimum absolute atomic E-state index is 1.11. The van der Waals surface area contributed by atoms with Crippen molar-refractivity contribution in [2.24, 2.45) is 0 Å². The predicted molar refractivity (Wildman–Crippen MR) is 65.2 cm³/mol. The molecule has 0 aliphatic rings. The van der Waals surface area contributed by atoms with Crippen LogP contribution in [0.3, 0.4) is 0 Å². The van der Waals surface area contributed by atoms with Gasteiger partial charge in [0.15, 0.2) is 0 Å². The molecule has 0 aliphatic carbocycles. The van der Waals surface area contributed by atoms with Crippen LogP contribution in [0.1, 0.15) is 0 Å². The van der Waals surface area contributed by atoms with Gasteiger partial charge in [0.05, 0.1) is 0 Å². The van der Waals surface area contributed by atoms with Crippen LogP contribution in [-0.4, -0.2) is 0 Å². The first-order valence-electron chi connectivity index (χ1n) is 3.75. The fourth-order valence-electron chi connectivity index (χ4n) is 1.12. The van der Waals surface area contributed by atoms with Gasteiger partial charge in [0.25, 0.3) is 0 Å². The molecule has 0 bridgehead atoms. The van der Waals surface area contributed by atoms with Gasteiger partial charge >= 0.3 is 0 Å². The molecule has 0 unspecified atom stereocenters. The number of rotatable bonds is 1. The molecule has 0 saturated carbocycles. The Hall–Kier alpha value is -0.120. The number of hydrogen-bond donors (Lipinski definition) is 0. The first-order valence-corrected chi connectivity index (χ1v) is 6.28. The van der Waals surface area contributed by atoms with Crippen molar-refractivity contribution in [3.8, 4) is 11.1 Å². The molecular formula is C10H6Br2S. The van der Waals surface area contributed by atoms with E-state index in [4.69, 9.17) is 0 Å². The second-order valence-corrected chi connectivity index (χ2v) is 5.15. The van der Waals surface area contributed by atoms with Crippen molar-refractivity contribution < 1.29 is 0 Å². The standard InChI is InChI=1S/C10H6Br2S/c11-8-3-1-7(2-4-8)9-5-13-6-10(9)12/h1-6H. The summed E-state index contributed by atoms with van der Waals surface area (Å²) in [7, 11) is 0. The molecule has 2 rings (SSSR count). The normalized spacial score (nSPS) is 10.3. The molecule has 0 atom stereocenters. The highest BCUT2D eigenvalue weighted by atomic mass is 79.9. The van der Waals surface area contributed by atoms with Crippen LogP contribution in [0.25, 0.3) is 11.1 Å². The fourth-order valence-corrected chi connectivity index (χ4v) is 2.91. The van der Waals surface area contributed by atoms with E-state index in [1.807, 2.05) is 0 Å². The molecule has 13 heavy (non-hydrogen) atoms. The van der Waals surface area contributed by atoms with Crippen LogP contribution in [-0.2, 0) is 0 Å². The highest BCUT2D eigenvalue weighted by Gasteiger charge is 2.02. The number of hydrogen-bond acceptors (Lipinski definition) is 1. The Kier molecular flexibility index (Phi) is 2.86. The van der Waals surface area contributed by atoms with Crippen LogP contribution in [0.15, 0.2) is 44.0 Å². The number of halogens is 2. The van der Waals surface area contributed by atoms with Gasteiger partial charge in [-0.3, -0.25) is 0 Å². The van der Waals surface area contributed by atoms with Gasteiger partial charge in [-0.05, 0) is 39.0 Å². The van der Waals surface area contributed by atoms with Gasteiger partial charge in [-0.15, -0.1) is 0 Å². The molecule has 0 amide bonds. The van der Waals surface area contributed by atoms with Gasteiger partial charge in [-0.25, -0.2) is 0 Å². The molecular weight excluding hydrogens is 312 g/mol. The van der Waals surface area contributed by atoms with Crippen LogP contribution >= 0.6 is 43.2 Å². The monoisotopic (exact) mass is 316 g/mol. The zero-order valence-corrected chi connectivity index (χ0v) is 10.6. The Morgan fingerprint density at radius 2 is 1.62 bits per heavy atom.